The third kappa shape index (κ3) is 5.32. The van der Waals surface area contributed by atoms with E-state index in [0.29, 0.717) is 28.1 Å². The summed E-state index contributed by atoms with van der Waals surface area (Å²) in [6.45, 7) is 2.39. The van der Waals surface area contributed by atoms with E-state index in [2.05, 4.69) is 21.2 Å². The number of aromatic hydroxyl groups is 1. The van der Waals surface area contributed by atoms with Crippen molar-refractivity contribution in [1.29, 1.82) is 0 Å². The van der Waals surface area contributed by atoms with E-state index in [9.17, 15) is 13.5 Å². The van der Waals surface area contributed by atoms with Crippen molar-refractivity contribution in [2.24, 2.45) is 5.92 Å². The highest BCUT2D eigenvalue weighted by Gasteiger charge is 2.20. The van der Waals surface area contributed by atoms with Crippen LogP contribution in [-0.4, -0.2) is 31.8 Å². The van der Waals surface area contributed by atoms with Crippen LogP contribution in [-0.2, 0) is 19.4 Å². The average molecular weight is 469 g/mol. The Bertz CT molecular complexity index is 1120. The maximum Gasteiger partial charge on any atom is 0.132 e. The lowest BCUT2D eigenvalue weighted by Gasteiger charge is -2.23. The number of rotatable bonds is 7. The van der Waals surface area contributed by atoms with E-state index < -0.39 is 19.4 Å². The summed E-state index contributed by atoms with van der Waals surface area (Å²) in [6, 6.07) is 9.63. The highest BCUT2D eigenvalue weighted by atomic mass is 35.5. The van der Waals surface area contributed by atoms with Crippen LogP contribution in [0.15, 0.2) is 46.2 Å². The normalized spacial score (nSPS) is 19.0. The molecule has 8 heteroatoms. The maximum absolute atomic E-state index is 13.3. The van der Waals surface area contributed by atoms with Gasteiger partial charge >= 0.3 is 0 Å². The molecule has 3 N–H and O–H groups in total. The molecule has 1 saturated carbocycles. The monoisotopic (exact) mass is 468 g/mol. The fourth-order valence-corrected chi connectivity index (χ4v) is 6.56. The molecule has 0 aliphatic heterocycles. The number of anilines is 1. The molecule has 164 valence electrons. The van der Waals surface area contributed by atoms with E-state index in [0.717, 1.165) is 18.4 Å². The fraction of sp³-hybridized carbons (Fsp3) is 0.364. The largest absolute Gasteiger partial charge is 0.507 e. The van der Waals surface area contributed by atoms with Crippen molar-refractivity contribution in [3.8, 4) is 5.75 Å². The van der Waals surface area contributed by atoms with Gasteiger partial charge in [0, 0.05) is 11.6 Å². The second-order valence-electron chi connectivity index (χ2n) is 7.85. The van der Waals surface area contributed by atoms with Crippen LogP contribution in [0.25, 0.3) is 0 Å². The van der Waals surface area contributed by atoms with Crippen molar-refractivity contribution in [2.75, 3.05) is 11.3 Å². The SMILES string of the molecule is C=S(=O)(Nc1cccc(Cl)c1C)c1ccc(O)c(S(=C)(=O)NCC2CCCCC2)c1. The molecule has 0 spiro atoms. The first-order chi connectivity index (χ1) is 14.1. The van der Waals surface area contributed by atoms with Gasteiger partial charge in [-0.3, -0.25) is 0 Å². The van der Waals surface area contributed by atoms with E-state index in [1.807, 2.05) is 6.92 Å². The van der Waals surface area contributed by atoms with Crippen molar-refractivity contribution in [2.45, 2.75) is 48.8 Å². The minimum absolute atomic E-state index is 0.136. The van der Waals surface area contributed by atoms with Crippen LogP contribution in [0.3, 0.4) is 0 Å². The summed E-state index contributed by atoms with van der Waals surface area (Å²) in [4.78, 5) is 0.460. The summed E-state index contributed by atoms with van der Waals surface area (Å²) in [5.74, 6) is 7.97. The molecule has 2 aromatic rings. The number of hydrogen-bond donors (Lipinski definition) is 3. The molecule has 0 saturated heterocycles. The topological polar surface area (TPSA) is 78.4 Å². The van der Waals surface area contributed by atoms with Crippen LogP contribution in [0.4, 0.5) is 5.69 Å². The lowest BCUT2D eigenvalue weighted by molar-refractivity contribution is 0.358. The smallest absolute Gasteiger partial charge is 0.132 e. The van der Waals surface area contributed by atoms with Crippen LogP contribution < -0.4 is 9.44 Å². The zero-order valence-corrected chi connectivity index (χ0v) is 19.5. The highest BCUT2D eigenvalue weighted by Crippen LogP contribution is 2.30. The molecule has 30 heavy (non-hydrogen) atoms. The molecule has 0 bridgehead atoms. The number of benzene rings is 2. The Labute approximate surface area is 185 Å². The molecule has 2 aromatic carbocycles. The molecule has 0 aromatic heterocycles. The summed E-state index contributed by atoms with van der Waals surface area (Å²) in [7, 11) is -5.95. The van der Waals surface area contributed by atoms with Gasteiger partial charge in [0.1, 0.15) is 5.75 Å². The molecular weight excluding hydrogens is 440 g/mol. The number of halogens is 1. The molecule has 0 amide bonds. The van der Waals surface area contributed by atoms with Crippen molar-refractivity contribution >= 4 is 48.4 Å². The van der Waals surface area contributed by atoms with Gasteiger partial charge in [0.2, 0.25) is 0 Å². The molecule has 1 aliphatic rings. The van der Waals surface area contributed by atoms with Crippen LogP contribution in [0, 0.1) is 12.8 Å². The van der Waals surface area contributed by atoms with Crippen molar-refractivity contribution in [3.05, 3.63) is 47.0 Å². The first-order valence-corrected chi connectivity index (χ1v) is 13.8. The van der Waals surface area contributed by atoms with Crippen LogP contribution in [0.5, 0.6) is 5.75 Å². The van der Waals surface area contributed by atoms with Gasteiger partial charge in [0.05, 0.1) is 34.9 Å². The molecular formula is C22H29ClN2O3S2. The lowest BCUT2D eigenvalue weighted by Crippen LogP contribution is -2.30. The Kier molecular flexibility index (Phi) is 7.07. The van der Waals surface area contributed by atoms with Crippen molar-refractivity contribution in [3.63, 3.8) is 0 Å². The number of hydrogen-bond acceptors (Lipinski definition) is 3. The number of phenolic OH excluding ortho intramolecular Hbond substituents is 1. The van der Waals surface area contributed by atoms with Gasteiger partial charge in [-0.25, -0.2) is 13.1 Å². The number of phenols is 1. The molecule has 2 atom stereocenters. The molecule has 3 rings (SSSR count). The Morgan fingerprint density at radius 1 is 1.10 bits per heavy atom. The minimum atomic E-state index is -2.99. The second-order valence-corrected chi connectivity index (χ2v) is 12.4. The summed E-state index contributed by atoms with van der Waals surface area (Å²) < 4.78 is 32.6. The Hall–Kier alpha value is -1.67. The fourth-order valence-electron chi connectivity index (χ4n) is 3.64. The van der Waals surface area contributed by atoms with Gasteiger partial charge in [-0.05, 0) is 73.3 Å². The zero-order chi connectivity index (χ0) is 21.9. The van der Waals surface area contributed by atoms with Gasteiger partial charge in [-0.2, -0.15) is 0 Å². The van der Waals surface area contributed by atoms with E-state index in [1.165, 1.54) is 37.5 Å². The summed E-state index contributed by atoms with van der Waals surface area (Å²) in [5, 5.41) is 10.9. The van der Waals surface area contributed by atoms with Gasteiger partial charge in [0.15, 0.2) is 0 Å². The van der Waals surface area contributed by atoms with Gasteiger partial charge in [0.25, 0.3) is 0 Å². The summed E-state index contributed by atoms with van der Waals surface area (Å²) in [6.07, 6.45) is 5.82. The summed E-state index contributed by atoms with van der Waals surface area (Å²) >= 11 is 6.15. The summed E-state index contributed by atoms with van der Waals surface area (Å²) in [5.41, 5.74) is 1.35. The van der Waals surface area contributed by atoms with Crippen LogP contribution >= 0.6 is 11.6 Å². The molecule has 5 nitrogen and oxygen atoms in total. The Balaban J connectivity index is 1.85. The van der Waals surface area contributed by atoms with Gasteiger partial charge in [-0.1, -0.05) is 36.9 Å². The van der Waals surface area contributed by atoms with Crippen molar-refractivity contribution in [1.82, 2.24) is 4.72 Å². The first-order valence-electron chi connectivity index (χ1n) is 9.95. The molecule has 1 fully saturated rings. The Morgan fingerprint density at radius 3 is 2.50 bits per heavy atom. The average Bonchev–Trinajstić information content (AvgIpc) is 2.71. The predicted molar refractivity (Wildman–Crippen MR) is 130 cm³/mol. The number of nitrogens with one attached hydrogen (secondary N) is 2. The predicted octanol–water partition coefficient (Wildman–Crippen LogP) is 4.62. The lowest BCUT2D eigenvalue weighted by atomic mass is 9.90. The van der Waals surface area contributed by atoms with E-state index >= 15 is 0 Å². The van der Waals surface area contributed by atoms with Crippen LogP contribution in [0.2, 0.25) is 5.02 Å². The minimum Gasteiger partial charge on any atom is -0.507 e. The third-order valence-electron chi connectivity index (χ3n) is 5.54. The van der Waals surface area contributed by atoms with Crippen LogP contribution in [0.1, 0.15) is 37.7 Å². The van der Waals surface area contributed by atoms with E-state index in [1.54, 1.807) is 18.2 Å². The quantitative estimate of drug-likeness (QED) is 0.519. The van der Waals surface area contributed by atoms with Crippen molar-refractivity contribution < 1.29 is 13.5 Å². The van der Waals surface area contributed by atoms with Gasteiger partial charge < -0.3 is 9.83 Å². The highest BCUT2D eigenvalue weighted by molar-refractivity contribution is 8.01. The Morgan fingerprint density at radius 2 is 1.80 bits per heavy atom. The second kappa shape index (κ2) is 9.22. The molecule has 1 aliphatic carbocycles. The molecule has 0 heterocycles. The maximum atomic E-state index is 13.3. The molecule has 0 radical (unpaired) electrons. The van der Waals surface area contributed by atoms with E-state index in [-0.39, 0.29) is 10.6 Å². The first kappa shape index (κ1) is 23.0. The zero-order valence-electron chi connectivity index (χ0n) is 17.2. The standard InChI is InChI=1S/C22H29ClN2O3S2/c1-16-19(23)10-7-11-20(16)25-29(2,27)18-12-13-21(26)22(14-18)30(3,28)24-15-17-8-5-4-6-9-17/h7,10-14,17,26H,2-6,8-9,15H2,1H3,(H,24,28)(H,25,27). The third-order valence-corrected chi connectivity index (χ3v) is 9.18. The van der Waals surface area contributed by atoms with E-state index in [4.69, 9.17) is 11.6 Å². The molecule has 2 unspecified atom stereocenters. The van der Waals surface area contributed by atoms with Gasteiger partial charge in [-0.15, -0.1) is 0 Å².